The predicted octanol–water partition coefficient (Wildman–Crippen LogP) is 4.31. The van der Waals surface area contributed by atoms with Gasteiger partial charge in [-0.1, -0.05) is 0 Å². The molecule has 0 saturated carbocycles. The van der Waals surface area contributed by atoms with Crippen molar-refractivity contribution in [2.24, 2.45) is 0 Å². The zero-order chi connectivity index (χ0) is 20.9. The highest BCUT2D eigenvalue weighted by molar-refractivity contribution is 7.53. The molecule has 0 spiro atoms. The molecule has 0 fully saturated rings. The van der Waals surface area contributed by atoms with Crippen LogP contribution in [0.3, 0.4) is 0 Å². The van der Waals surface area contributed by atoms with Crippen LogP contribution in [-0.4, -0.2) is 39.3 Å². The van der Waals surface area contributed by atoms with Gasteiger partial charge in [-0.2, -0.15) is 57.1 Å². The van der Waals surface area contributed by atoms with Crippen LogP contribution >= 0.6 is 7.60 Å². The molecule has 4 nitrogen and oxygen atoms in total. The van der Waals surface area contributed by atoms with Crippen LogP contribution in [0.1, 0.15) is 0 Å². The fraction of sp³-hybridized carbons (Fsp3) is 0.714. The second kappa shape index (κ2) is 6.19. The fourth-order valence-corrected chi connectivity index (χ4v) is 1.47. The standard InChI is InChI=1S/C7H2F13O4P/c8-1(9)2(10)24-6(17,18)4(13,14)3(11,12)5(15,16)7(19,20)25(21,22)23/h(H2,21,22,23). The van der Waals surface area contributed by atoms with Gasteiger partial charge in [0.2, 0.25) is 0 Å². The molecule has 150 valence electrons. The van der Waals surface area contributed by atoms with Crippen LogP contribution in [0.25, 0.3) is 0 Å². The van der Waals surface area contributed by atoms with E-state index in [2.05, 4.69) is 0 Å². The minimum absolute atomic E-state index is 1.77. The van der Waals surface area contributed by atoms with E-state index in [0.29, 0.717) is 0 Å². The minimum Gasteiger partial charge on any atom is -0.397 e. The third-order valence-corrected chi connectivity index (χ3v) is 3.28. The summed E-state index contributed by atoms with van der Waals surface area (Å²) in [4.78, 5) is 15.7. The molecule has 0 aliphatic heterocycles. The van der Waals surface area contributed by atoms with Gasteiger partial charge in [0.1, 0.15) is 0 Å². The van der Waals surface area contributed by atoms with Gasteiger partial charge in [-0.05, 0) is 0 Å². The zero-order valence-corrected chi connectivity index (χ0v) is 11.5. The Kier molecular flexibility index (Phi) is 5.89. The highest BCUT2D eigenvalue weighted by Crippen LogP contribution is 2.67. The number of hydrogen-bond donors (Lipinski definition) is 2. The molecule has 2 N–H and O–H groups in total. The molecule has 0 saturated heterocycles. The summed E-state index contributed by atoms with van der Waals surface area (Å²) >= 11 is 0. The van der Waals surface area contributed by atoms with Crippen LogP contribution in [-0.2, 0) is 9.30 Å². The fourth-order valence-electron chi connectivity index (χ4n) is 0.967. The van der Waals surface area contributed by atoms with Crippen molar-refractivity contribution in [1.29, 1.82) is 0 Å². The van der Waals surface area contributed by atoms with Crippen LogP contribution in [0, 0.1) is 0 Å². The number of hydrogen-bond acceptors (Lipinski definition) is 2. The lowest BCUT2D eigenvalue weighted by Gasteiger charge is -2.38. The number of rotatable bonds is 7. The average molecular weight is 428 g/mol. The Bertz CT molecular complexity index is 589. The maximum absolute atomic E-state index is 12.9. The lowest BCUT2D eigenvalue weighted by atomic mass is 10.0. The number of halogens is 13. The van der Waals surface area contributed by atoms with Gasteiger partial charge in [0, 0.05) is 0 Å². The van der Waals surface area contributed by atoms with Crippen LogP contribution in [0.15, 0.2) is 12.1 Å². The first kappa shape index (κ1) is 23.8. The highest BCUT2D eigenvalue weighted by Gasteiger charge is 2.90. The van der Waals surface area contributed by atoms with E-state index in [9.17, 15) is 61.6 Å². The van der Waals surface area contributed by atoms with Gasteiger partial charge in [0.25, 0.3) is 0 Å². The molecule has 0 aromatic rings. The lowest BCUT2D eigenvalue weighted by molar-refractivity contribution is -0.436. The Hall–Kier alpha value is -1.22. The molecule has 25 heavy (non-hydrogen) atoms. The molecule has 0 heterocycles. The summed E-state index contributed by atoms with van der Waals surface area (Å²) in [5.74, 6) is -23.8. The van der Waals surface area contributed by atoms with E-state index in [1.54, 1.807) is 4.74 Å². The third-order valence-electron chi connectivity index (χ3n) is 2.26. The van der Waals surface area contributed by atoms with Gasteiger partial charge in [-0.15, -0.1) is 0 Å². The zero-order valence-electron chi connectivity index (χ0n) is 10.6. The minimum atomic E-state index is -8.03. The van der Waals surface area contributed by atoms with Gasteiger partial charge in [-0.3, -0.25) is 4.57 Å². The number of ether oxygens (including phenoxy) is 1. The van der Waals surface area contributed by atoms with E-state index in [4.69, 9.17) is 9.79 Å². The topological polar surface area (TPSA) is 66.8 Å². The van der Waals surface area contributed by atoms with Gasteiger partial charge in [0.15, 0.2) is 0 Å². The van der Waals surface area contributed by atoms with E-state index < -0.39 is 49.2 Å². The van der Waals surface area contributed by atoms with Crippen LogP contribution in [0.2, 0.25) is 0 Å². The Balaban J connectivity index is 6.30. The molecule has 0 radical (unpaired) electrons. The van der Waals surface area contributed by atoms with Gasteiger partial charge in [0.05, 0.1) is 0 Å². The molecule has 0 aromatic heterocycles. The monoisotopic (exact) mass is 428 g/mol. The summed E-state index contributed by atoms with van der Waals surface area (Å²) in [5.41, 5.74) is -7.32. The SMILES string of the molecule is O=P(O)(O)C(F)(F)C(F)(F)C(F)(F)C(F)(F)C(F)(F)OC(F)=C(F)F. The highest BCUT2D eigenvalue weighted by atomic mass is 31.2. The van der Waals surface area contributed by atoms with E-state index in [-0.39, 0.29) is 0 Å². The lowest BCUT2D eigenvalue weighted by Crippen LogP contribution is -2.67. The van der Waals surface area contributed by atoms with Crippen molar-refractivity contribution in [2.75, 3.05) is 0 Å². The van der Waals surface area contributed by atoms with Crippen LogP contribution < -0.4 is 0 Å². The van der Waals surface area contributed by atoms with E-state index in [1.807, 2.05) is 0 Å². The predicted molar refractivity (Wildman–Crippen MR) is 48.2 cm³/mol. The Labute approximate surface area is 127 Å². The molecule has 0 bridgehead atoms. The second-order valence-corrected chi connectivity index (χ2v) is 5.61. The summed E-state index contributed by atoms with van der Waals surface area (Å²) in [6, 6.07) is -3.94. The first-order valence-corrected chi connectivity index (χ1v) is 6.53. The average Bonchev–Trinajstić information content (AvgIpc) is 2.35. The summed E-state index contributed by atoms with van der Waals surface area (Å²) in [6.07, 6.45) is -11.2. The van der Waals surface area contributed by atoms with Crippen molar-refractivity contribution in [3.05, 3.63) is 12.1 Å². The third kappa shape index (κ3) is 3.53. The summed E-state index contributed by atoms with van der Waals surface area (Å²) in [6.45, 7) is 0. The van der Waals surface area contributed by atoms with E-state index in [1.165, 1.54) is 0 Å². The van der Waals surface area contributed by atoms with E-state index in [0.717, 1.165) is 0 Å². The second-order valence-electron chi connectivity index (χ2n) is 3.96. The molecule has 0 atom stereocenters. The molecular weight excluding hydrogens is 426 g/mol. The molecule has 0 amide bonds. The smallest absolute Gasteiger partial charge is 0.397 e. The number of alkyl halides is 10. The van der Waals surface area contributed by atoms with Gasteiger partial charge >= 0.3 is 49.2 Å². The van der Waals surface area contributed by atoms with Crippen LogP contribution in [0.4, 0.5) is 57.1 Å². The quantitative estimate of drug-likeness (QED) is 0.361. The van der Waals surface area contributed by atoms with Crippen molar-refractivity contribution in [3.63, 3.8) is 0 Å². The largest absolute Gasteiger partial charge is 0.472 e. The first-order chi connectivity index (χ1) is 10.6. The van der Waals surface area contributed by atoms with Crippen LogP contribution in [0.5, 0.6) is 0 Å². The van der Waals surface area contributed by atoms with Gasteiger partial charge in [-0.25, -0.2) is 0 Å². The summed E-state index contributed by atoms with van der Waals surface area (Å²) in [7, 11) is -7.64. The molecule has 18 heteroatoms. The molecular formula is C7H2F13O4P. The van der Waals surface area contributed by atoms with Gasteiger partial charge < -0.3 is 14.5 Å². The van der Waals surface area contributed by atoms with Crippen molar-refractivity contribution >= 4 is 7.60 Å². The Morgan fingerprint density at radius 1 is 0.720 bits per heavy atom. The summed E-state index contributed by atoms with van der Waals surface area (Å²) in [5, 5.41) is 0. The molecule has 0 unspecified atom stereocenters. The maximum Gasteiger partial charge on any atom is 0.472 e. The summed E-state index contributed by atoms with van der Waals surface area (Å²) < 4.78 is 175. The molecule has 0 aliphatic carbocycles. The first-order valence-electron chi connectivity index (χ1n) is 4.92. The maximum atomic E-state index is 12.9. The molecule has 0 aromatic carbocycles. The molecule has 0 aliphatic rings. The van der Waals surface area contributed by atoms with E-state index >= 15 is 0 Å². The van der Waals surface area contributed by atoms with Crippen molar-refractivity contribution in [2.45, 2.75) is 29.5 Å². The van der Waals surface area contributed by atoms with Crippen molar-refractivity contribution < 1.29 is 76.2 Å². The Morgan fingerprint density at radius 2 is 1.08 bits per heavy atom. The molecule has 0 rings (SSSR count). The normalized spacial score (nSPS) is 15.2. The van der Waals surface area contributed by atoms with Crippen molar-refractivity contribution in [1.82, 2.24) is 0 Å². The van der Waals surface area contributed by atoms with Crippen molar-refractivity contribution in [3.8, 4) is 0 Å². The Morgan fingerprint density at radius 3 is 1.36 bits per heavy atom.